The summed E-state index contributed by atoms with van der Waals surface area (Å²) < 4.78 is 5.20. The van der Waals surface area contributed by atoms with Crippen molar-refractivity contribution in [3.05, 3.63) is 40.7 Å². The summed E-state index contributed by atoms with van der Waals surface area (Å²) in [6, 6.07) is 7.65. The highest BCUT2D eigenvalue weighted by atomic mass is 35.5. The quantitative estimate of drug-likeness (QED) is 0.792. The Bertz CT molecular complexity index is 570. The normalized spacial score (nSPS) is 10.4. The molecule has 0 fully saturated rings. The van der Waals surface area contributed by atoms with E-state index >= 15 is 0 Å². The van der Waals surface area contributed by atoms with Gasteiger partial charge in [0, 0.05) is 16.8 Å². The van der Waals surface area contributed by atoms with E-state index in [1.54, 1.807) is 7.11 Å². The lowest BCUT2D eigenvalue weighted by atomic mass is 10.1. The Morgan fingerprint density at radius 2 is 2.06 bits per heavy atom. The number of nitrogens with zero attached hydrogens (tertiary/aromatic N) is 2. The summed E-state index contributed by atoms with van der Waals surface area (Å²) in [7, 11) is 1.64. The maximum Gasteiger partial charge on any atom is 0.161 e. The highest BCUT2D eigenvalue weighted by Gasteiger charge is 2.10. The van der Waals surface area contributed by atoms with Crippen molar-refractivity contribution in [1.82, 2.24) is 9.97 Å². The fourth-order valence-corrected chi connectivity index (χ4v) is 1.96. The zero-order valence-electron chi connectivity index (χ0n) is 10.7. The molecule has 4 heteroatoms. The van der Waals surface area contributed by atoms with Crippen LogP contribution in [0.5, 0.6) is 5.75 Å². The van der Waals surface area contributed by atoms with Crippen LogP contribution in [0.3, 0.4) is 0 Å². The number of hydrogen-bond donors (Lipinski definition) is 0. The highest BCUT2D eigenvalue weighted by Crippen LogP contribution is 2.24. The fraction of sp³-hybridized carbons (Fsp3) is 0.286. The number of aryl methyl sites for hydroxylation is 1. The van der Waals surface area contributed by atoms with Gasteiger partial charge in [0.15, 0.2) is 5.82 Å². The third-order valence-corrected chi connectivity index (χ3v) is 3.22. The number of aromatic nitrogens is 2. The average molecular weight is 263 g/mol. The largest absolute Gasteiger partial charge is 0.497 e. The van der Waals surface area contributed by atoms with E-state index in [4.69, 9.17) is 16.3 Å². The minimum absolute atomic E-state index is 0.514. The van der Waals surface area contributed by atoms with Crippen molar-refractivity contribution in [2.24, 2.45) is 0 Å². The van der Waals surface area contributed by atoms with Crippen LogP contribution in [0.2, 0.25) is 5.15 Å². The summed E-state index contributed by atoms with van der Waals surface area (Å²) in [5.74, 6) is 1.42. The van der Waals surface area contributed by atoms with Crippen LogP contribution in [-0.4, -0.2) is 17.1 Å². The molecule has 0 bridgehead atoms. The SMILES string of the molecule is CCc1nc(-c2cccc(OC)c2)nc(Cl)c1C. The molecule has 2 aromatic rings. The van der Waals surface area contributed by atoms with E-state index < -0.39 is 0 Å². The minimum atomic E-state index is 0.514. The summed E-state index contributed by atoms with van der Waals surface area (Å²) in [6.45, 7) is 4.00. The van der Waals surface area contributed by atoms with Crippen molar-refractivity contribution in [1.29, 1.82) is 0 Å². The van der Waals surface area contributed by atoms with Crippen molar-refractivity contribution in [2.45, 2.75) is 20.3 Å². The molecule has 0 saturated carbocycles. The van der Waals surface area contributed by atoms with Gasteiger partial charge in [-0.1, -0.05) is 30.7 Å². The Kier molecular flexibility index (Phi) is 3.82. The molecule has 18 heavy (non-hydrogen) atoms. The van der Waals surface area contributed by atoms with Gasteiger partial charge in [0.1, 0.15) is 10.9 Å². The number of halogens is 1. The molecule has 1 heterocycles. The summed E-state index contributed by atoms with van der Waals surface area (Å²) in [5.41, 5.74) is 2.84. The molecule has 0 aliphatic rings. The molecule has 0 N–H and O–H groups in total. The number of benzene rings is 1. The van der Waals surface area contributed by atoms with Crippen LogP contribution < -0.4 is 4.74 Å². The van der Waals surface area contributed by atoms with E-state index in [1.807, 2.05) is 31.2 Å². The molecule has 0 saturated heterocycles. The Labute approximate surface area is 112 Å². The van der Waals surface area contributed by atoms with Gasteiger partial charge in [-0.3, -0.25) is 0 Å². The number of rotatable bonds is 3. The van der Waals surface area contributed by atoms with Gasteiger partial charge in [0.25, 0.3) is 0 Å². The molecule has 0 spiro atoms. The first-order valence-electron chi connectivity index (χ1n) is 5.83. The molecule has 0 radical (unpaired) electrons. The Balaban J connectivity index is 2.53. The third-order valence-electron chi connectivity index (χ3n) is 2.85. The van der Waals surface area contributed by atoms with Crippen LogP contribution in [0.4, 0.5) is 0 Å². The van der Waals surface area contributed by atoms with Crippen molar-refractivity contribution >= 4 is 11.6 Å². The average Bonchev–Trinajstić information content (AvgIpc) is 2.41. The van der Waals surface area contributed by atoms with E-state index in [-0.39, 0.29) is 0 Å². The predicted octanol–water partition coefficient (Wildman–Crippen LogP) is 3.68. The van der Waals surface area contributed by atoms with Gasteiger partial charge in [0.05, 0.1) is 7.11 Å². The van der Waals surface area contributed by atoms with Crippen LogP contribution in [0.1, 0.15) is 18.2 Å². The van der Waals surface area contributed by atoms with E-state index in [1.165, 1.54) is 0 Å². The number of methoxy groups -OCH3 is 1. The van der Waals surface area contributed by atoms with Gasteiger partial charge in [-0.2, -0.15) is 0 Å². The van der Waals surface area contributed by atoms with E-state index in [2.05, 4.69) is 16.9 Å². The Morgan fingerprint density at radius 3 is 2.72 bits per heavy atom. The molecule has 1 aromatic carbocycles. The monoisotopic (exact) mass is 262 g/mol. The fourth-order valence-electron chi connectivity index (χ4n) is 1.77. The standard InChI is InChI=1S/C14H15ClN2O/c1-4-12-9(2)13(15)17-14(16-12)10-6-5-7-11(8-10)18-3/h5-8H,4H2,1-3H3. The second kappa shape index (κ2) is 5.36. The molecular formula is C14H15ClN2O. The molecule has 94 valence electrons. The molecule has 0 unspecified atom stereocenters. The first kappa shape index (κ1) is 12.8. The lowest BCUT2D eigenvalue weighted by Gasteiger charge is -2.08. The highest BCUT2D eigenvalue weighted by molar-refractivity contribution is 6.30. The molecule has 0 aliphatic carbocycles. The maximum atomic E-state index is 6.14. The van der Waals surface area contributed by atoms with E-state index in [9.17, 15) is 0 Å². The number of hydrogen-bond acceptors (Lipinski definition) is 3. The molecule has 3 nitrogen and oxygen atoms in total. The van der Waals surface area contributed by atoms with Crippen molar-refractivity contribution < 1.29 is 4.74 Å². The lowest BCUT2D eigenvalue weighted by Crippen LogP contribution is -1.99. The molecule has 0 amide bonds. The Morgan fingerprint density at radius 1 is 1.28 bits per heavy atom. The number of ether oxygens (including phenoxy) is 1. The lowest BCUT2D eigenvalue weighted by molar-refractivity contribution is 0.415. The first-order chi connectivity index (χ1) is 8.65. The van der Waals surface area contributed by atoms with Gasteiger partial charge < -0.3 is 4.74 Å². The van der Waals surface area contributed by atoms with Gasteiger partial charge >= 0.3 is 0 Å². The maximum absolute atomic E-state index is 6.14. The van der Waals surface area contributed by atoms with Crippen LogP contribution in [0, 0.1) is 6.92 Å². The van der Waals surface area contributed by atoms with E-state index in [0.29, 0.717) is 11.0 Å². The van der Waals surface area contributed by atoms with Crippen molar-refractivity contribution in [2.75, 3.05) is 7.11 Å². The van der Waals surface area contributed by atoms with Crippen molar-refractivity contribution in [3.8, 4) is 17.1 Å². The molecular weight excluding hydrogens is 248 g/mol. The van der Waals surface area contributed by atoms with Gasteiger partial charge in [0.2, 0.25) is 0 Å². The van der Waals surface area contributed by atoms with Crippen LogP contribution in [-0.2, 0) is 6.42 Å². The summed E-state index contributed by atoms with van der Waals surface area (Å²) in [5, 5.41) is 0.514. The minimum Gasteiger partial charge on any atom is -0.497 e. The smallest absolute Gasteiger partial charge is 0.161 e. The zero-order valence-corrected chi connectivity index (χ0v) is 11.5. The first-order valence-corrected chi connectivity index (χ1v) is 6.21. The second-order valence-electron chi connectivity index (χ2n) is 4.00. The van der Waals surface area contributed by atoms with Crippen molar-refractivity contribution in [3.63, 3.8) is 0 Å². The summed E-state index contributed by atoms with van der Waals surface area (Å²) in [4.78, 5) is 8.87. The topological polar surface area (TPSA) is 35.0 Å². The van der Waals surface area contributed by atoms with Gasteiger partial charge in [-0.05, 0) is 25.5 Å². The third kappa shape index (κ3) is 2.46. The molecule has 0 atom stereocenters. The van der Waals surface area contributed by atoms with Crippen LogP contribution in [0.15, 0.2) is 24.3 Å². The predicted molar refractivity (Wildman–Crippen MR) is 73.1 cm³/mol. The van der Waals surface area contributed by atoms with Crippen LogP contribution in [0.25, 0.3) is 11.4 Å². The van der Waals surface area contributed by atoms with Gasteiger partial charge in [-0.15, -0.1) is 0 Å². The van der Waals surface area contributed by atoms with Gasteiger partial charge in [-0.25, -0.2) is 9.97 Å². The van der Waals surface area contributed by atoms with Crippen LogP contribution >= 0.6 is 11.6 Å². The zero-order chi connectivity index (χ0) is 13.1. The molecule has 2 rings (SSSR count). The summed E-state index contributed by atoms with van der Waals surface area (Å²) >= 11 is 6.14. The Hall–Kier alpha value is -1.61. The second-order valence-corrected chi connectivity index (χ2v) is 4.35. The molecule has 0 aliphatic heterocycles. The summed E-state index contributed by atoms with van der Waals surface area (Å²) in [6.07, 6.45) is 0.838. The van der Waals surface area contributed by atoms with E-state index in [0.717, 1.165) is 29.0 Å². The molecule has 1 aromatic heterocycles.